The minimum absolute atomic E-state index is 0.0411. The standard InChI is InChI=1S/C12H25N3O2/c1-9(2)11(16)8-15-12(17)10(14-3)6-4-5-7-13/h9-10,14H,4-8,13H2,1-3H3,(H,15,17). The highest BCUT2D eigenvalue weighted by molar-refractivity contribution is 5.89. The number of hydrogen-bond donors (Lipinski definition) is 3. The second kappa shape index (κ2) is 9.13. The number of nitrogens with two attached hydrogens (primary N) is 1. The van der Waals surface area contributed by atoms with Crippen LogP contribution in [0, 0.1) is 5.92 Å². The fraction of sp³-hybridized carbons (Fsp3) is 0.833. The Morgan fingerprint density at radius 2 is 1.88 bits per heavy atom. The number of unbranched alkanes of at least 4 members (excludes halogenated alkanes) is 1. The van der Waals surface area contributed by atoms with Gasteiger partial charge >= 0.3 is 0 Å². The molecule has 0 saturated heterocycles. The summed E-state index contributed by atoms with van der Waals surface area (Å²) in [5, 5.41) is 5.61. The van der Waals surface area contributed by atoms with Gasteiger partial charge in [-0.05, 0) is 26.4 Å². The lowest BCUT2D eigenvalue weighted by Gasteiger charge is -2.16. The zero-order valence-corrected chi connectivity index (χ0v) is 11.1. The van der Waals surface area contributed by atoms with Crippen molar-refractivity contribution in [3.8, 4) is 0 Å². The Balaban J connectivity index is 3.95. The van der Waals surface area contributed by atoms with Gasteiger partial charge in [-0.2, -0.15) is 0 Å². The summed E-state index contributed by atoms with van der Waals surface area (Å²) in [5.41, 5.74) is 5.40. The van der Waals surface area contributed by atoms with E-state index in [-0.39, 0.29) is 30.2 Å². The summed E-state index contributed by atoms with van der Waals surface area (Å²) < 4.78 is 0. The average Bonchev–Trinajstić information content (AvgIpc) is 2.31. The topological polar surface area (TPSA) is 84.2 Å². The Morgan fingerprint density at radius 1 is 1.24 bits per heavy atom. The van der Waals surface area contributed by atoms with Crippen molar-refractivity contribution in [3.05, 3.63) is 0 Å². The number of amides is 1. The molecule has 5 heteroatoms. The van der Waals surface area contributed by atoms with Crippen LogP contribution in [0.25, 0.3) is 0 Å². The summed E-state index contributed by atoms with van der Waals surface area (Å²) in [6.07, 6.45) is 2.57. The van der Waals surface area contributed by atoms with E-state index >= 15 is 0 Å². The molecule has 0 aliphatic rings. The zero-order chi connectivity index (χ0) is 13.3. The number of hydrogen-bond acceptors (Lipinski definition) is 4. The van der Waals surface area contributed by atoms with Gasteiger partial charge in [0.05, 0.1) is 12.6 Å². The molecule has 1 unspecified atom stereocenters. The third-order valence-corrected chi connectivity index (χ3v) is 2.69. The molecule has 1 amide bonds. The highest BCUT2D eigenvalue weighted by Crippen LogP contribution is 2.00. The molecule has 0 aliphatic carbocycles. The Bertz CT molecular complexity index is 242. The van der Waals surface area contributed by atoms with Crippen LogP contribution in [0.5, 0.6) is 0 Å². The molecule has 100 valence electrons. The summed E-state index contributed by atoms with van der Waals surface area (Å²) >= 11 is 0. The number of carbonyl (C=O) groups excluding carboxylic acids is 2. The minimum Gasteiger partial charge on any atom is -0.348 e. The zero-order valence-electron chi connectivity index (χ0n) is 11.1. The van der Waals surface area contributed by atoms with Gasteiger partial charge in [0, 0.05) is 5.92 Å². The maximum atomic E-state index is 11.7. The van der Waals surface area contributed by atoms with Crippen LogP contribution >= 0.6 is 0 Å². The summed E-state index contributed by atoms with van der Waals surface area (Å²) in [7, 11) is 1.75. The smallest absolute Gasteiger partial charge is 0.237 e. The van der Waals surface area contributed by atoms with Gasteiger partial charge in [0.1, 0.15) is 0 Å². The van der Waals surface area contributed by atoms with Crippen molar-refractivity contribution < 1.29 is 9.59 Å². The molecule has 5 nitrogen and oxygen atoms in total. The van der Waals surface area contributed by atoms with Crippen molar-refractivity contribution >= 4 is 11.7 Å². The van der Waals surface area contributed by atoms with Gasteiger partial charge in [-0.25, -0.2) is 0 Å². The van der Waals surface area contributed by atoms with Crippen molar-refractivity contribution in [3.63, 3.8) is 0 Å². The Morgan fingerprint density at radius 3 is 2.35 bits per heavy atom. The summed E-state index contributed by atoms with van der Waals surface area (Å²) in [6.45, 7) is 4.41. The predicted octanol–water partition coefficient (Wildman–Crippen LogP) is 0.0447. The first kappa shape index (κ1) is 16.1. The lowest BCUT2D eigenvalue weighted by Crippen LogP contribution is -2.44. The van der Waals surface area contributed by atoms with Gasteiger partial charge in [0.15, 0.2) is 5.78 Å². The molecule has 0 saturated carbocycles. The SMILES string of the molecule is CNC(CCCCN)C(=O)NCC(=O)C(C)C. The largest absolute Gasteiger partial charge is 0.348 e. The van der Waals surface area contributed by atoms with E-state index in [1.807, 2.05) is 13.8 Å². The van der Waals surface area contributed by atoms with Gasteiger partial charge < -0.3 is 16.4 Å². The van der Waals surface area contributed by atoms with E-state index in [0.29, 0.717) is 6.54 Å². The molecule has 17 heavy (non-hydrogen) atoms. The van der Waals surface area contributed by atoms with Crippen LogP contribution in [-0.2, 0) is 9.59 Å². The van der Waals surface area contributed by atoms with Crippen LogP contribution in [0.15, 0.2) is 0 Å². The maximum Gasteiger partial charge on any atom is 0.237 e. The molecule has 0 aliphatic heterocycles. The molecular formula is C12H25N3O2. The second-order valence-electron chi connectivity index (χ2n) is 4.46. The van der Waals surface area contributed by atoms with Crippen LogP contribution in [0.1, 0.15) is 33.1 Å². The highest BCUT2D eigenvalue weighted by Gasteiger charge is 2.17. The lowest BCUT2D eigenvalue weighted by molar-refractivity contribution is -0.127. The molecular weight excluding hydrogens is 218 g/mol. The van der Waals surface area contributed by atoms with Crippen molar-refractivity contribution in [2.24, 2.45) is 11.7 Å². The van der Waals surface area contributed by atoms with Crippen molar-refractivity contribution in [1.29, 1.82) is 0 Å². The first-order valence-corrected chi connectivity index (χ1v) is 6.20. The van der Waals surface area contributed by atoms with Gasteiger partial charge in [-0.3, -0.25) is 9.59 Å². The highest BCUT2D eigenvalue weighted by atomic mass is 16.2. The normalized spacial score (nSPS) is 12.5. The van der Waals surface area contributed by atoms with E-state index < -0.39 is 0 Å². The maximum absolute atomic E-state index is 11.7. The predicted molar refractivity (Wildman–Crippen MR) is 68.6 cm³/mol. The van der Waals surface area contributed by atoms with E-state index in [2.05, 4.69) is 10.6 Å². The average molecular weight is 243 g/mol. The fourth-order valence-electron chi connectivity index (χ4n) is 1.40. The molecule has 0 spiro atoms. The van der Waals surface area contributed by atoms with Gasteiger partial charge in [0.25, 0.3) is 0 Å². The van der Waals surface area contributed by atoms with Gasteiger partial charge in [0.2, 0.25) is 5.91 Å². The Kier molecular flexibility index (Phi) is 8.62. The molecule has 4 N–H and O–H groups in total. The van der Waals surface area contributed by atoms with E-state index in [9.17, 15) is 9.59 Å². The van der Waals surface area contributed by atoms with Crippen LogP contribution < -0.4 is 16.4 Å². The third-order valence-electron chi connectivity index (χ3n) is 2.69. The van der Waals surface area contributed by atoms with E-state index in [4.69, 9.17) is 5.73 Å². The second-order valence-corrected chi connectivity index (χ2v) is 4.46. The van der Waals surface area contributed by atoms with Crippen LogP contribution in [0.2, 0.25) is 0 Å². The number of carbonyl (C=O) groups is 2. The summed E-state index contributed by atoms with van der Waals surface area (Å²) in [6, 6.07) is -0.235. The van der Waals surface area contributed by atoms with E-state index in [1.54, 1.807) is 7.05 Å². The molecule has 0 radical (unpaired) electrons. The fourth-order valence-corrected chi connectivity index (χ4v) is 1.40. The molecule has 0 bridgehead atoms. The lowest BCUT2D eigenvalue weighted by atomic mass is 10.1. The van der Waals surface area contributed by atoms with Gasteiger partial charge in [-0.1, -0.05) is 20.3 Å². The Hall–Kier alpha value is -0.940. The summed E-state index contributed by atoms with van der Waals surface area (Å²) in [4.78, 5) is 23.1. The number of rotatable bonds is 9. The monoisotopic (exact) mass is 243 g/mol. The van der Waals surface area contributed by atoms with Crippen molar-refractivity contribution in [2.45, 2.75) is 39.2 Å². The molecule has 0 rings (SSSR count). The van der Waals surface area contributed by atoms with Crippen LogP contribution in [0.4, 0.5) is 0 Å². The van der Waals surface area contributed by atoms with Crippen LogP contribution in [-0.4, -0.2) is 37.9 Å². The first-order valence-electron chi connectivity index (χ1n) is 6.20. The molecule has 0 aromatic rings. The van der Waals surface area contributed by atoms with Crippen molar-refractivity contribution in [1.82, 2.24) is 10.6 Å². The number of Topliss-reactive ketones (excluding diaryl/α,β-unsaturated/α-hetero) is 1. The van der Waals surface area contributed by atoms with E-state index in [0.717, 1.165) is 19.3 Å². The third kappa shape index (κ3) is 7.07. The number of ketones is 1. The van der Waals surface area contributed by atoms with Crippen LogP contribution in [0.3, 0.4) is 0 Å². The number of likely N-dealkylation sites (N-methyl/N-ethyl adjacent to an activating group) is 1. The molecule has 0 aromatic carbocycles. The minimum atomic E-state index is -0.235. The molecule has 1 atom stereocenters. The van der Waals surface area contributed by atoms with Crippen molar-refractivity contribution in [2.75, 3.05) is 20.1 Å². The molecule has 0 fully saturated rings. The van der Waals surface area contributed by atoms with E-state index in [1.165, 1.54) is 0 Å². The molecule has 0 heterocycles. The quantitative estimate of drug-likeness (QED) is 0.499. The van der Waals surface area contributed by atoms with Gasteiger partial charge in [-0.15, -0.1) is 0 Å². The molecule has 0 aromatic heterocycles. The Labute approximate surface area is 104 Å². The summed E-state index contributed by atoms with van der Waals surface area (Å²) in [5.74, 6) is -0.103. The number of nitrogens with one attached hydrogen (secondary N) is 2. The first-order chi connectivity index (χ1) is 8.02.